The number of aryl methyl sites for hydroxylation is 3. The number of nitrogens with zero attached hydrogens (tertiary/aromatic N) is 2. The van der Waals surface area contributed by atoms with E-state index in [1.807, 2.05) is 51.1 Å². The first-order chi connectivity index (χ1) is 14.9. The molecule has 0 fully saturated rings. The van der Waals surface area contributed by atoms with Crippen LogP contribution in [0.25, 0.3) is 11.0 Å². The smallest absolute Gasteiger partial charge is 0.336 e. The second-order valence-corrected chi connectivity index (χ2v) is 8.53. The highest BCUT2D eigenvalue weighted by Crippen LogP contribution is 2.30. The Morgan fingerprint density at radius 3 is 2.71 bits per heavy atom. The van der Waals surface area contributed by atoms with Crippen LogP contribution in [0, 0.1) is 13.8 Å². The first-order valence-electron chi connectivity index (χ1n) is 9.83. The van der Waals surface area contributed by atoms with Crippen LogP contribution in [-0.2, 0) is 18.8 Å². The average Bonchev–Trinajstić information content (AvgIpc) is 3.20. The van der Waals surface area contributed by atoms with Crippen LogP contribution in [0.15, 0.2) is 55.2 Å². The van der Waals surface area contributed by atoms with E-state index < -0.39 is 5.63 Å². The lowest BCUT2D eigenvalue weighted by molar-refractivity contribution is 0.250. The van der Waals surface area contributed by atoms with Gasteiger partial charge < -0.3 is 13.6 Å². The Bertz CT molecular complexity index is 1300. The third-order valence-corrected chi connectivity index (χ3v) is 6.09. The number of thioether (sulfide) groups is 1. The highest BCUT2D eigenvalue weighted by Gasteiger charge is 2.13. The van der Waals surface area contributed by atoms with Gasteiger partial charge in [0.05, 0.1) is 0 Å². The molecule has 0 atom stereocenters. The number of fused-ring (bicyclic) bond motifs is 1. The molecule has 0 unspecified atom stereocenters. The Labute approximate surface area is 188 Å². The van der Waals surface area contributed by atoms with Gasteiger partial charge in [-0.1, -0.05) is 42.4 Å². The van der Waals surface area contributed by atoms with Crippen molar-refractivity contribution in [1.29, 1.82) is 0 Å². The molecule has 2 heterocycles. The molecule has 0 aliphatic carbocycles. The summed E-state index contributed by atoms with van der Waals surface area (Å²) in [6, 6.07) is 11.2. The van der Waals surface area contributed by atoms with E-state index in [0.717, 1.165) is 39.8 Å². The van der Waals surface area contributed by atoms with Crippen molar-refractivity contribution in [3.05, 3.63) is 80.0 Å². The molecule has 0 bridgehead atoms. The SMILES string of the molecule is CCc1cc2oc(=O)cc(CSc3nnc(COc4cc(C)ccc4C)o3)c2cc1Cl. The fourth-order valence-corrected chi connectivity index (χ4v) is 4.24. The zero-order valence-electron chi connectivity index (χ0n) is 17.4. The van der Waals surface area contributed by atoms with Crippen LogP contribution in [0.3, 0.4) is 0 Å². The maximum Gasteiger partial charge on any atom is 0.336 e. The minimum absolute atomic E-state index is 0.186. The van der Waals surface area contributed by atoms with Gasteiger partial charge in [0.15, 0.2) is 6.61 Å². The minimum atomic E-state index is -0.402. The van der Waals surface area contributed by atoms with Gasteiger partial charge in [0.25, 0.3) is 11.1 Å². The van der Waals surface area contributed by atoms with Crippen molar-refractivity contribution < 1.29 is 13.6 Å². The summed E-state index contributed by atoms with van der Waals surface area (Å²) in [6.07, 6.45) is 0.756. The summed E-state index contributed by atoms with van der Waals surface area (Å²) in [6.45, 7) is 6.19. The number of ether oxygens (including phenoxy) is 1. The van der Waals surface area contributed by atoms with Crippen molar-refractivity contribution in [3.8, 4) is 5.75 Å². The zero-order valence-corrected chi connectivity index (χ0v) is 19.0. The monoisotopic (exact) mass is 456 g/mol. The predicted octanol–water partition coefficient (Wildman–Crippen LogP) is 5.88. The molecule has 6 nitrogen and oxygen atoms in total. The summed E-state index contributed by atoms with van der Waals surface area (Å²) < 4.78 is 16.9. The quantitative estimate of drug-likeness (QED) is 0.254. The number of aromatic nitrogens is 2. The predicted molar refractivity (Wildman–Crippen MR) is 121 cm³/mol. The van der Waals surface area contributed by atoms with Gasteiger partial charge in [0.1, 0.15) is 11.3 Å². The number of hydrogen-bond donors (Lipinski definition) is 0. The van der Waals surface area contributed by atoms with Crippen molar-refractivity contribution in [2.24, 2.45) is 0 Å². The summed E-state index contributed by atoms with van der Waals surface area (Å²) in [5, 5.41) is 9.97. The van der Waals surface area contributed by atoms with Gasteiger partial charge in [-0.05, 0) is 60.7 Å². The summed E-state index contributed by atoms with van der Waals surface area (Å²) in [5.41, 5.74) is 4.02. The van der Waals surface area contributed by atoms with E-state index in [2.05, 4.69) is 10.2 Å². The maximum absolute atomic E-state index is 12.0. The molecule has 2 aromatic heterocycles. The van der Waals surface area contributed by atoms with Crippen LogP contribution in [0.4, 0.5) is 0 Å². The maximum atomic E-state index is 12.0. The van der Waals surface area contributed by atoms with Gasteiger partial charge in [-0.2, -0.15) is 0 Å². The van der Waals surface area contributed by atoms with Gasteiger partial charge in [-0.15, -0.1) is 10.2 Å². The Morgan fingerprint density at radius 2 is 1.90 bits per heavy atom. The Kier molecular flexibility index (Phi) is 6.34. The van der Waals surface area contributed by atoms with E-state index in [1.54, 1.807) is 0 Å². The molecule has 0 N–H and O–H groups in total. The normalized spacial score (nSPS) is 11.2. The van der Waals surface area contributed by atoms with Crippen LogP contribution < -0.4 is 10.4 Å². The Morgan fingerprint density at radius 1 is 1.06 bits per heavy atom. The van der Waals surface area contributed by atoms with Gasteiger partial charge in [-0.3, -0.25) is 0 Å². The molecule has 0 aliphatic rings. The molecule has 0 radical (unpaired) electrons. The fraction of sp³-hybridized carbons (Fsp3) is 0.261. The van der Waals surface area contributed by atoms with Crippen LogP contribution >= 0.6 is 23.4 Å². The third kappa shape index (κ3) is 4.94. The Balaban J connectivity index is 1.47. The molecule has 4 rings (SSSR count). The number of rotatable bonds is 7. The van der Waals surface area contributed by atoms with E-state index in [1.165, 1.54) is 17.8 Å². The van der Waals surface area contributed by atoms with Crippen molar-refractivity contribution in [3.63, 3.8) is 0 Å². The molecule has 4 aromatic rings. The lowest BCUT2D eigenvalue weighted by Crippen LogP contribution is -2.00. The average molecular weight is 457 g/mol. The van der Waals surface area contributed by atoms with Gasteiger partial charge in [-0.25, -0.2) is 4.79 Å². The lowest BCUT2D eigenvalue weighted by atomic mass is 10.1. The number of benzene rings is 2. The molecule has 31 heavy (non-hydrogen) atoms. The summed E-state index contributed by atoms with van der Waals surface area (Å²) in [5.74, 6) is 1.64. The fourth-order valence-electron chi connectivity index (χ4n) is 3.18. The molecule has 0 amide bonds. The highest BCUT2D eigenvalue weighted by atomic mass is 35.5. The summed E-state index contributed by atoms with van der Waals surface area (Å²) in [7, 11) is 0. The first kappa shape index (κ1) is 21.5. The summed E-state index contributed by atoms with van der Waals surface area (Å²) >= 11 is 7.70. The van der Waals surface area contributed by atoms with Crippen LogP contribution in [-0.4, -0.2) is 10.2 Å². The number of halogens is 1. The third-order valence-electron chi connectivity index (χ3n) is 4.87. The molecule has 0 aliphatic heterocycles. The second-order valence-electron chi connectivity index (χ2n) is 7.19. The Hall–Kier alpha value is -2.77. The second kappa shape index (κ2) is 9.16. The van der Waals surface area contributed by atoms with Crippen LogP contribution in [0.2, 0.25) is 5.02 Å². The van der Waals surface area contributed by atoms with Crippen molar-refractivity contribution in [2.75, 3.05) is 0 Å². The molecule has 0 spiro atoms. The van der Waals surface area contributed by atoms with E-state index in [4.69, 9.17) is 25.2 Å². The van der Waals surface area contributed by atoms with Crippen molar-refractivity contribution >= 4 is 34.3 Å². The molecular weight excluding hydrogens is 436 g/mol. The van der Waals surface area contributed by atoms with E-state index in [9.17, 15) is 4.79 Å². The molecule has 160 valence electrons. The minimum Gasteiger partial charge on any atom is -0.484 e. The summed E-state index contributed by atoms with van der Waals surface area (Å²) in [4.78, 5) is 12.0. The van der Waals surface area contributed by atoms with E-state index in [0.29, 0.717) is 27.5 Å². The van der Waals surface area contributed by atoms with Crippen LogP contribution in [0.5, 0.6) is 5.75 Å². The van der Waals surface area contributed by atoms with Crippen molar-refractivity contribution in [2.45, 2.75) is 44.8 Å². The largest absolute Gasteiger partial charge is 0.484 e. The molecule has 0 saturated heterocycles. The topological polar surface area (TPSA) is 78.4 Å². The number of hydrogen-bond acceptors (Lipinski definition) is 7. The van der Waals surface area contributed by atoms with Crippen molar-refractivity contribution in [1.82, 2.24) is 10.2 Å². The molecule has 2 aromatic carbocycles. The molecular formula is C23H21ClN2O4S. The van der Waals surface area contributed by atoms with Gasteiger partial charge in [0.2, 0.25) is 0 Å². The molecule has 8 heteroatoms. The standard InChI is InChI=1S/C23H21ClN2O4S/c1-4-15-8-20-17(10-18(15)24)16(9-22(27)29-20)12-31-23-26-25-21(30-23)11-28-19-7-13(2)5-6-14(19)3/h5-10H,4,11-12H2,1-3H3. The zero-order chi connectivity index (χ0) is 22.0. The van der Waals surface area contributed by atoms with Gasteiger partial charge in [0, 0.05) is 22.2 Å². The molecule has 0 saturated carbocycles. The van der Waals surface area contributed by atoms with E-state index >= 15 is 0 Å². The first-order valence-corrected chi connectivity index (χ1v) is 11.2. The van der Waals surface area contributed by atoms with E-state index in [-0.39, 0.29) is 6.61 Å². The van der Waals surface area contributed by atoms with Gasteiger partial charge >= 0.3 is 5.63 Å². The van der Waals surface area contributed by atoms with Crippen LogP contribution in [0.1, 0.15) is 35.1 Å². The highest BCUT2D eigenvalue weighted by molar-refractivity contribution is 7.98. The lowest BCUT2D eigenvalue weighted by Gasteiger charge is -2.08.